The molecule has 3 heterocycles. The monoisotopic (exact) mass is 333 g/mol. The van der Waals surface area contributed by atoms with Gasteiger partial charge in [-0.3, -0.25) is 0 Å². The number of hydrogen-bond acceptors (Lipinski definition) is 5. The number of aromatic nitrogens is 2. The topological polar surface area (TPSA) is 70.6 Å². The number of amides is 2. The van der Waals surface area contributed by atoms with Gasteiger partial charge < -0.3 is 19.9 Å². The van der Waals surface area contributed by atoms with Crippen molar-refractivity contribution in [1.29, 1.82) is 0 Å². The van der Waals surface area contributed by atoms with Crippen LogP contribution in [0.15, 0.2) is 12.4 Å². The SMILES string of the molecule is COc1cc(N2CCCC3(CCN(C(=O)NC(C)C)C3)C2)ncn1. The molecule has 7 nitrogen and oxygen atoms in total. The zero-order valence-electron chi connectivity index (χ0n) is 14.8. The van der Waals surface area contributed by atoms with E-state index < -0.39 is 0 Å². The Labute approximate surface area is 143 Å². The summed E-state index contributed by atoms with van der Waals surface area (Å²) in [7, 11) is 1.62. The number of likely N-dealkylation sites (tertiary alicyclic amines) is 1. The van der Waals surface area contributed by atoms with Crippen molar-refractivity contribution in [2.24, 2.45) is 5.41 Å². The van der Waals surface area contributed by atoms with Crippen LogP contribution in [0.5, 0.6) is 5.88 Å². The molecule has 1 N–H and O–H groups in total. The fourth-order valence-corrected chi connectivity index (χ4v) is 3.80. The number of anilines is 1. The van der Waals surface area contributed by atoms with Crippen LogP contribution >= 0.6 is 0 Å². The molecule has 2 saturated heterocycles. The third kappa shape index (κ3) is 3.55. The van der Waals surface area contributed by atoms with Crippen LogP contribution in [0.2, 0.25) is 0 Å². The van der Waals surface area contributed by atoms with Crippen molar-refractivity contribution in [3.8, 4) is 5.88 Å². The summed E-state index contributed by atoms with van der Waals surface area (Å²) in [6.45, 7) is 7.56. The Morgan fingerprint density at radius 2 is 2.12 bits per heavy atom. The van der Waals surface area contributed by atoms with Gasteiger partial charge in [0.2, 0.25) is 5.88 Å². The van der Waals surface area contributed by atoms with Gasteiger partial charge in [0.15, 0.2) is 0 Å². The second-order valence-electron chi connectivity index (χ2n) is 7.22. The molecule has 1 spiro atoms. The molecule has 0 radical (unpaired) electrons. The van der Waals surface area contributed by atoms with E-state index >= 15 is 0 Å². The van der Waals surface area contributed by atoms with Crippen LogP contribution in [0.25, 0.3) is 0 Å². The van der Waals surface area contributed by atoms with Crippen molar-refractivity contribution in [3.05, 3.63) is 12.4 Å². The van der Waals surface area contributed by atoms with E-state index in [0.29, 0.717) is 5.88 Å². The predicted molar refractivity (Wildman–Crippen MR) is 92.3 cm³/mol. The molecule has 1 aromatic rings. The molecule has 3 rings (SSSR count). The van der Waals surface area contributed by atoms with Crippen molar-refractivity contribution in [2.75, 3.05) is 38.2 Å². The summed E-state index contributed by atoms with van der Waals surface area (Å²) >= 11 is 0. The number of ether oxygens (including phenoxy) is 1. The highest BCUT2D eigenvalue weighted by atomic mass is 16.5. The summed E-state index contributed by atoms with van der Waals surface area (Å²) in [4.78, 5) is 25.0. The maximum absolute atomic E-state index is 12.3. The molecule has 2 fully saturated rings. The molecule has 0 aliphatic carbocycles. The number of piperidine rings is 1. The van der Waals surface area contributed by atoms with Crippen LogP contribution in [-0.2, 0) is 0 Å². The van der Waals surface area contributed by atoms with E-state index in [9.17, 15) is 4.79 Å². The average Bonchev–Trinajstić information content (AvgIpc) is 2.98. The first-order valence-corrected chi connectivity index (χ1v) is 8.68. The zero-order chi connectivity index (χ0) is 17.2. The molecule has 2 aliphatic rings. The van der Waals surface area contributed by atoms with Gasteiger partial charge in [0.25, 0.3) is 0 Å². The van der Waals surface area contributed by atoms with E-state index in [4.69, 9.17) is 4.74 Å². The molecule has 2 aliphatic heterocycles. The van der Waals surface area contributed by atoms with Crippen LogP contribution < -0.4 is 15.0 Å². The van der Waals surface area contributed by atoms with E-state index in [2.05, 4.69) is 20.2 Å². The van der Waals surface area contributed by atoms with Gasteiger partial charge in [-0.25, -0.2) is 14.8 Å². The third-order valence-electron chi connectivity index (χ3n) is 4.96. The maximum atomic E-state index is 12.3. The highest BCUT2D eigenvalue weighted by molar-refractivity contribution is 5.74. The Balaban J connectivity index is 1.68. The molecule has 132 valence electrons. The second kappa shape index (κ2) is 6.83. The first-order chi connectivity index (χ1) is 11.5. The van der Waals surface area contributed by atoms with Crippen molar-refractivity contribution in [1.82, 2.24) is 20.2 Å². The van der Waals surface area contributed by atoms with Crippen molar-refractivity contribution in [2.45, 2.75) is 39.2 Å². The molecule has 2 amide bonds. The molecule has 1 atom stereocenters. The van der Waals surface area contributed by atoms with E-state index in [1.165, 1.54) is 0 Å². The first-order valence-electron chi connectivity index (χ1n) is 8.68. The lowest BCUT2D eigenvalue weighted by molar-refractivity contribution is 0.190. The molecule has 0 aromatic carbocycles. The standard InChI is InChI=1S/C17H27N5O2/c1-13(2)20-16(23)22-8-6-17(11-22)5-4-7-21(10-17)14-9-15(24-3)19-12-18-14/h9,12-13H,4-8,10-11H2,1-3H3,(H,20,23). The summed E-state index contributed by atoms with van der Waals surface area (Å²) < 4.78 is 5.21. The number of nitrogens with zero attached hydrogens (tertiary/aromatic N) is 4. The van der Waals surface area contributed by atoms with Crippen LogP contribution in [0.3, 0.4) is 0 Å². The lowest BCUT2D eigenvalue weighted by Gasteiger charge is -2.41. The van der Waals surface area contributed by atoms with Gasteiger partial charge in [0, 0.05) is 43.7 Å². The predicted octanol–water partition coefficient (Wildman–Crippen LogP) is 1.90. The molecular formula is C17H27N5O2. The highest BCUT2D eigenvalue weighted by Crippen LogP contribution is 2.40. The van der Waals surface area contributed by atoms with E-state index in [1.807, 2.05) is 24.8 Å². The minimum absolute atomic E-state index is 0.0581. The number of carbonyl (C=O) groups excluding carboxylic acids is 1. The second-order valence-corrected chi connectivity index (χ2v) is 7.22. The first kappa shape index (κ1) is 16.8. The number of hydrogen-bond donors (Lipinski definition) is 1. The fourth-order valence-electron chi connectivity index (χ4n) is 3.80. The summed E-state index contributed by atoms with van der Waals surface area (Å²) in [6.07, 6.45) is 4.88. The van der Waals surface area contributed by atoms with Gasteiger partial charge in [-0.1, -0.05) is 0 Å². The minimum atomic E-state index is 0.0581. The normalized spacial score (nSPS) is 23.8. The smallest absolute Gasteiger partial charge is 0.317 e. The van der Waals surface area contributed by atoms with E-state index in [-0.39, 0.29) is 17.5 Å². The lowest BCUT2D eigenvalue weighted by atomic mass is 9.79. The van der Waals surface area contributed by atoms with Crippen LogP contribution in [-0.4, -0.2) is 60.2 Å². The van der Waals surface area contributed by atoms with Gasteiger partial charge in [-0.15, -0.1) is 0 Å². The summed E-state index contributed by atoms with van der Waals surface area (Å²) in [5.41, 5.74) is 0.171. The molecule has 1 aromatic heterocycles. The number of carbonyl (C=O) groups is 1. The number of methoxy groups -OCH3 is 1. The molecule has 0 saturated carbocycles. The molecule has 0 bridgehead atoms. The van der Waals surface area contributed by atoms with Crippen LogP contribution in [0.4, 0.5) is 10.6 Å². The third-order valence-corrected chi connectivity index (χ3v) is 4.96. The maximum Gasteiger partial charge on any atom is 0.317 e. The Kier molecular flexibility index (Phi) is 4.78. The Morgan fingerprint density at radius 3 is 2.88 bits per heavy atom. The number of rotatable bonds is 3. The van der Waals surface area contributed by atoms with Gasteiger partial charge in [0.1, 0.15) is 12.1 Å². The van der Waals surface area contributed by atoms with Gasteiger partial charge >= 0.3 is 6.03 Å². The number of nitrogens with one attached hydrogen (secondary N) is 1. The highest BCUT2D eigenvalue weighted by Gasteiger charge is 2.43. The van der Waals surface area contributed by atoms with Crippen molar-refractivity contribution < 1.29 is 9.53 Å². The summed E-state index contributed by atoms with van der Waals surface area (Å²) in [5, 5.41) is 3.00. The molecule has 7 heteroatoms. The van der Waals surface area contributed by atoms with Gasteiger partial charge in [-0.2, -0.15) is 0 Å². The van der Waals surface area contributed by atoms with E-state index in [1.54, 1.807) is 13.4 Å². The molecule has 1 unspecified atom stereocenters. The Bertz CT molecular complexity index is 594. The van der Waals surface area contributed by atoms with Crippen molar-refractivity contribution in [3.63, 3.8) is 0 Å². The lowest BCUT2D eigenvalue weighted by Crippen LogP contribution is -2.47. The summed E-state index contributed by atoms with van der Waals surface area (Å²) in [6, 6.07) is 2.12. The van der Waals surface area contributed by atoms with Crippen LogP contribution in [0, 0.1) is 5.41 Å². The zero-order valence-corrected chi connectivity index (χ0v) is 14.8. The fraction of sp³-hybridized carbons (Fsp3) is 0.706. The molecular weight excluding hydrogens is 306 g/mol. The minimum Gasteiger partial charge on any atom is -0.481 e. The average molecular weight is 333 g/mol. The number of urea groups is 1. The van der Waals surface area contributed by atoms with Crippen molar-refractivity contribution >= 4 is 11.8 Å². The van der Waals surface area contributed by atoms with Crippen LogP contribution in [0.1, 0.15) is 33.1 Å². The van der Waals surface area contributed by atoms with Gasteiger partial charge in [-0.05, 0) is 33.1 Å². The Morgan fingerprint density at radius 1 is 1.29 bits per heavy atom. The largest absolute Gasteiger partial charge is 0.481 e. The van der Waals surface area contributed by atoms with Gasteiger partial charge in [0.05, 0.1) is 7.11 Å². The molecule has 24 heavy (non-hydrogen) atoms. The van der Waals surface area contributed by atoms with E-state index in [0.717, 1.165) is 51.3 Å². The Hall–Kier alpha value is -2.05. The quantitative estimate of drug-likeness (QED) is 0.915. The summed E-state index contributed by atoms with van der Waals surface area (Å²) in [5.74, 6) is 1.50.